The van der Waals surface area contributed by atoms with Gasteiger partial charge in [0.15, 0.2) is 0 Å². The van der Waals surface area contributed by atoms with E-state index in [2.05, 4.69) is 37.8 Å². The highest BCUT2D eigenvalue weighted by molar-refractivity contribution is 7.99. The van der Waals surface area contributed by atoms with Gasteiger partial charge in [-0.2, -0.15) is 11.8 Å². The summed E-state index contributed by atoms with van der Waals surface area (Å²) in [4.78, 5) is 0. The normalized spacial score (nSPS) is 11.2. The van der Waals surface area contributed by atoms with E-state index in [0.29, 0.717) is 6.10 Å². The summed E-state index contributed by atoms with van der Waals surface area (Å²) in [5, 5.41) is 3.44. The van der Waals surface area contributed by atoms with Crippen LogP contribution in [0.15, 0.2) is 0 Å². The molecule has 0 atom stereocenters. The third kappa shape index (κ3) is 14.3. The highest BCUT2D eigenvalue weighted by Gasteiger charge is 1.93. The highest BCUT2D eigenvalue weighted by atomic mass is 32.2. The standard InChI is InChI=1S/C12H27NOS/c1-4-5-10-15-11-8-13-7-6-9-14-12(2)3/h12-13H,4-11H2,1-3H3. The first-order valence-corrected chi connectivity index (χ1v) is 7.33. The number of thioether (sulfide) groups is 1. The fraction of sp³-hybridized carbons (Fsp3) is 1.00. The first-order valence-electron chi connectivity index (χ1n) is 6.17. The lowest BCUT2D eigenvalue weighted by atomic mass is 10.4. The van der Waals surface area contributed by atoms with Gasteiger partial charge in [-0.05, 0) is 39.0 Å². The molecule has 0 aromatic heterocycles. The molecular formula is C12H27NOS. The van der Waals surface area contributed by atoms with Crippen LogP contribution in [0.2, 0.25) is 0 Å². The van der Waals surface area contributed by atoms with Crippen LogP contribution >= 0.6 is 11.8 Å². The molecule has 0 fully saturated rings. The Balaban J connectivity index is 2.87. The van der Waals surface area contributed by atoms with E-state index in [-0.39, 0.29) is 0 Å². The maximum absolute atomic E-state index is 5.46. The molecule has 0 saturated heterocycles. The van der Waals surface area contributed by atoms with Crippen LogP contribution in [0.5, 0.6) is 0 Å². The van der Waals surface area contributed by atoms with Crippen molar-refractivity contribution in [1.82, 2.24) is 5.32 Å². The summed E-state index contributed by atoms with van der Waals surface area (Å²) < 4.78 is 5.46. The van der Waals surface area contributed by atoms with Crippen molar-refractivity contribution in [1.29, 1.82) is 0 Å². The average molecular weight is 233 g/mol. The van der Waals surface area contributed by atoms with Gasteiger partial charge in [0.25, 0.3) is 0 Å². The number of hydrogen-bond donors (Lipinski definition) is 1. The second kappa shape index (κ2) is 12.3. The topological polar surface area (TPSA) is 21.3 Å². The number of hydrogen-bond acceptors (Lipinski definition) is 3. The maximum Gasteiger partial charge on any atom is 0.0518 e. The number of nitrogens with one attached hydrogen (secondary N) is 1. The Kier molecular flexibility index (Phi) is 12.6. The Hall–Kier alpha value is 0.270. The van der Waals surface area contributed by atoms with E-state index < -0.39 is 0 Å². The van der Waals surface area contributed by atoms with Crippen molar-refractivity contribution in [3.8, 4) is 0 Å². The van der Waals surface area contributed by atoms with Gasteiger partial charge in [-0.1, -0.05) is 13.3 Å². The second-order valence-corrected chi connectivity index (χ2v) is 5.21. The predicted octanol–water partition coefficient (Wildman–Crippen LogP) is 2.92. The first-order chi connectivity index (χ1) is 7.27. The van der Waals surface area contributed by atoms with E-state index in [1.54, 1.807) is 0 Å². The SMILES string of the molecule is CCCCSCCNCCCOC(C)C. The lowest BCUT2D eigenvalue weighted by Crippen LogP contribution is -2.20. The molecule has 92 valence electrons. The van der Waals surface area contributed by atoms with Gasteiger partial charge in [0.2, 0.25) is 0 Å². The van der Waals surface area contributed by atoms with Crippen LogP contribution in [0.4, 0.5) is 0 Å². The zero-order chi connectivity index (χ0) is 11.4. The van der Waals surface area contributed by atoms with E-state index in [1.165, 1.54) is 24.3 Å². The molecule has 0 aliphatic rings. The molecule has 1 N–H and O–H groups in total. The van der Waals surface area contributed by atoms with E-state index in [9.17, 15) is 0 Å². The number of unbranched alkanes of at least 4 members (excludes halogenated alkanes) is 1. The summed E-state index contributed by atoms with van der Waals surface area (Å²) in [5.74, 6) is 2.56. The molecule has 0 aromatic carbocycles. The zero-order valence-corrected chi connectivity index (χ0v) is 11.4. The van der Waals surface area contributed by atoms with Crippen LogP contribution in [0.1, 0.15) is 40.0 Å². The monoisotopic (exact) mass is 233 g/mol. The van der Waals surface area contributed by atoms with Crippen molar-refractivity contribution in [2.24, 2.45) is 0 Å². The summed E-state index contributed by atoms with van der Waals surface area (Å²) >= 11 is 2.05. The fourth-order valence-electron chi connectivity index (χ4n) is 1.13. The Labute approximate surface area is 99.5 Å². The molecule has 0 unspecified atom stereocenters. The summed E-state index contributed by atoms with van der Waals surface area (Å²) in [6, 6.07) is 0. The van der Waals surface area contributed by atoms with Crippen LogP contribution < -0.4 is 5.32 Å². The van der Waals surface area contributed by atoms with E-state index in [4.69, 9.17) is 4.74 Å². The Bertz CT molecular complexity index is 120. The number of rotatable bonds is 11. The molecule has 0 bridgehead atoms. The van der Waals surface area contributed by atoms with Crippen molar-refractivity contribution in [3.05, 3.63) is 0 Å². The lowest BCUT2D eigenvalue weighted by molar-refractivity contribution is 0.0772. The molecule has 0 heterocycles. The van der Waals surface area contributed by atoms with Gasteiger partial charge in [0, 0.05) is 18.9 Å². The van der Waals surface area contributed by atoms with Crippen molar-refractivity contribution in [2.45, 2.75) is 46.1 Å². The van der Waals surface area contributed by atoms with Crippen LogP contribution in [0.3, 0.4) is 0 Å². The van der Waals surface area contributed by atoms with Crippen LogP contribution in [-0.2, 0) is 4.74 Å². The molecule has 0 aliphatic heterocycles. The molecular weight excluding hydrogens is 206 g/mol. The molecule has 2 nitrogen and oxygen atoms in total. The first kappa shape index (κ1) is 15.3. The van der Waals surface area contributed by atoms with Gasteiger partial charge in [-0.15, -0.1) is 0 Å². The summed E-state index contributed by atoms with van der Waals surface area (Å²) in [7, 11) is 0. The Morgan fingerprint density at radius 3 is 2.60 bits per heavy atom. The minimum absolute atomic E-state index is 0.370. The van der Waals surface area contributed by atoms with Crippen LogP contribution in [-0.4, -0.2) is 37.3 Å². The lowest BCUT2D eigenvalue weighted by Gasteiger charge is -2.07. The molecule has 0 aromatic rings. The molecule has 0 aliphatic carbocycles. The summed E-state index contributed by atoms with van der Waals surface area (Å²) in [6.45, 7) is 9.51. The second-order valence-electron chi connectivity index (χ2n) is 3.99. The molecule has 3 heteroatoms. The maximum atomic E-state index is 5.46. The third-order valence-electron chi connectivity index (χ3n) is 2.01. The molecule has 0 radical (unpaired) electrons. The molecule has 0 rings (SSSR count). The minimum atomic E-state index is 0.370. The van der Waals surface area contributed by atoms with Gasteiger partial charge in [-0.3, -0.25) is 0 Å². The largest absolute Gasteiger partial charge is 0.379 e. The Morgan fingerprint density at radius 1 is 1.13 bits per heavy atom. The zero-order valence-electron chi connectivity index (χ0n) is 10.6. The van der Waals surface area contributed by atoms with E-state index in [0.717, 1.165) is 26.1 Å². The van der Waals surface area contributed by atoms with Gasteiger partial charge in [-0.25, -0.2) is 0 Å². The van der Waals surface area contributed by atoms with Crippen LogP contribution in [0, 0.1) is 0 Å². The Morgan fingerprint density at radius 2 is 1.93 bits per heavy atom. The molecule has 0 amide bonds. The minimum Gasteiger partial charge on any atom is -0.379 e. The van der Waals surface area contributed by atoms with E-state index in [1.807, 2.05) is 0 Å². The number of ether oxygens (including phenoxy) is 1. The summed E-state index contributed by atoms with van der Waals surface area (Å²) in [5.41, 5.74) is 0. The third-order valence-corrected chi connectivity index (χ3v) is 3.08. The fourth-order valence-corrected chi connectivity index (χ4v) is 2.12. The smallest absolute Gasteiger partial charge is 0.0518 e. The highest BCUT2D eigenvalue weighted by Crippen LogP contribution is 2.02. The molecule has 0 spiro atoms. The van der Waals surface area contributed by atoms with Crippen molar-refractivity contribution >= 4 is 11.8 Å². The van der Waals surface area contributed by atoms with Gasteiger partial charge in [0.1, 0.15) is 0 Å². The van der Waals surface area contributed by atoms with Crippen molar-refractivity contribution in [3.63, 3.8) is 0 Å². The van der Waals surface area contributed by atoms with Gasteiger partial charge >= 0.3 is 0 Å². The van der Waals surface area contributed by atoms with Crippen molar-refractivity contribution < 1.29 is 4.74 Å². The summed E-state index contributed by atoms with van der Waals surface area (Å²) in [6.07, 6.45) is 4.16. The van der Waals surface area contributed by atoms with Crippen molar-refractivity contribution in [2.75, 3.05) is 31.2 Å². The van der Waals surface area contributed by atoms with Gasteiger partial charge < -0.3 is 10.1 Å². The molecule has 15 heavy (non-hydrogen) atoms. The predicted molar refractivity (Wildman–Crippen MR) is 70.8 cm³/mol. The van der Waals surface area contributed by atoms with Crippen LogP contribution in [0.25, 0.3) is 0 Å². The van der Waals surface area contributed by atoms with Gasteiger partial charge in [0.05, 0.1) is 6.10 Å². The van der Waals surface area contributed by atoms with E-state index >= 15 is 0 Å². The average Bonchev–Trinajstić information content (AvgIpc) is 2.20. The quantitative estimate of drug-likeness (QED) is 0.554. The molecule has 0 saturated carbocycles.